The van der Waals surface area contributed by atoms with Crippen molar-refractivity contribution in [2.24, 2.45) is 5.92 Å². The zero-order chi connectivity index (χ0) is 27.3. The van der Waals surface area contributed by atoms with Crippen LogP contribution in [-0.2, 0) is 20.9 Å². The van der Waals surface area contributed by atoms with Gasteiger partial charge >= 0.3 is 0 Å². The fraction of sp³-hybridized carbons (Fsp3) is 0.655. The molecule has 0 bridgehead atoms. The highest BCUT2D eigenvalue weighted by Crippen LogP contribution is 2.34. The molecule has 0 radical (unpaired) electrons. The minimum absolute atomic E-state index is 0.136. The third-order valence-corrected chi connectivity index (χ3v) is 8.50. The lowest BCUT2D eigenvalue weighted by Crippen LogP contribution is -2.54. The van der Waals surface area contributed by atoms with Gasteiger partial charge in [-0.3, -0.25) is 24.7 Å². The van der Waals surface area contributed by atoms with Gasteiger partial charge in [0.2, 0.25) is 11.8 Å². The SMILES string of the molecule is C=C(CN(CO)C1CCC(=O)NC1=O)C(C)(OC[C@H]1CCCCN1Cc1cccc2c1NCCO2)C(C)C. The molecule has 3 aliphatic rings. The highest BCUT2D eigenvalue weighted by molar-refractivity contribution is 6.00. The summed E-state index contributed by atoms with van der Waals surface area (Å²) in [5.74, 6) is 0.425. The molecule has 0 saturated carbocycles. The number of aliphatic hydroxyl groups excluding tert-OH is 1. The maximum atomic E-state index is 12.4. The predicted molar refractivity (Wildman–Crippen MR) is 147 cm³/mol. The molecule has 9 nitrogen and oxygen atoms in total. The highest BCUT2D eigenvalue weighted by atomic mass is 16.5. The molecule has 0 aromatic heterocycles. The van der Waals surface area contributed by atoms with Gasteiger partial charge in [-0.15, -0.1) is 0 Å². The molecule has 2 amide bonds. The number of piperidine rings is 2. The topological polar surface area (TPSA) is 103 Å². The molecule has 9 heteroatoms. The Bertz CT molecular complexity index is 1010. The number of nitrogens with zero attached hydrogens (tertiary/aromatic N) is 2. The maximum Gasteiger partial charge on any atom is 0.243 e. The second kappa shape index (κ2) is 12.6. The second-order valence-electron chi connectivity index (χ2n) is 11.2. The third-order valence-electron chi connectivity index (χ3n) is 8.50. The number of amides is 2. The summed E-state index contributed by atoms with van der Waals surface area (Å²) >= 11 is 0. The van der Waals surface area contributed by atoms with Gasteiger partial charge < -0.3 is 19.9 Å². The lowest BCUT2D eigenvalue weighted by Gasteiger charge is -2.42. The van der Waals surface area contributed by atoms with Crippen LogP contribution in [-0.4, -0.2) is 84.0 Å². The molecule has 0 spiro atoms. The standard InChI is InChI=1S/C29H44N4O5/c1-20(2)29(4,21(3)16-33(19-34)24-11-12-26(35)31-28(24)36)38-18-23-9-5-6-14-32(23)17-22-8-7-10-25-27(22)30-13-15-37-25/h7-8,10,20,23-24,30,34H,3,5-6,9,11-19H2,1-2,4H3,(H,31,35,36)/t23-,24?,29?/m1/s1. The van der Waals surface area contributed by atoms with Crippen molar-refractivity contribution in [1.29, 1.82) is 0 Å². The lowest BCUT2D eigenvalue weighted by atomic mass is 9.84. The number of hydrogen-bond donors (Lipinski definition) is 3. The van der Waals surface area contributed by atoms with Crippen molar-refractivity contribution < 1.29 is 24.2 Å². The number of imide groups is 1. The van der Waals surface area contributed by atoms with E-state index in [-0.39, 0.29) is 36.9 Å². The molecule has 3 N–H and O–H groups in total. The molecule has 0 aliphatic carbocycles. The van der Waals surface area contributed by atoms with E-state index in [2.05, 4.69) is 55.0 Å². The third kappa shape index (κ3) is 6.39. The van der Waals surface area contributed by atoms with Crippen LogP contribution in [0.1, 0.15) is 58.4 Å². The van der Waals surface area contributed by atoms with Crippen molar-refractivity contribution >= 4 is 17.5 Å². The van der Waals surface area contributed by atoms with E-state index in [1.165, 1.54) is 18.4 Å². The molecule has 210 valence electrons. The second-order valence-corrected chi connectivity index (χ2v) is 11.2. The number of hydrogen-bond acceptors (Lipinski definition) is 8. The summed E-state index contributed by atoms with van der Waals surface area (Å²) in [4.78, 5) is 28.2. The van der Waals surface area contributed by atoms with E-state index in [0.29, 0.717) is 26.2 Å². The van der Waals surface area contributed by atoms with Crippen molar-refractivity contribution in [3.05, 3.63) is 35.9 Å². The van der Waals surface area contributed by atoms with Gasteiger partial charge in [0.05, 0.1) is 30.7 Å². The number of likely N-dealkylation sites (tertiary alicyclic amines) is 1. The Hall–Kier alpha value is -2.46. The number of anilines is 1. The van der Waals surface area contributed by atoms with Crippen molar-refractivity contribution in [2.75, 3.05) is 44.9 Å². The Kier molecular flexibility index (Phi) is 9.46. The first kappa shape index (κ1) is 28.5. The van der Waals surface area contributed by atoms with Gasteiger partial charge in [0.15, 0.2) is 0 Å². The molecule has 2 fully saturated rings. The fourth-order valence-electron chi connectivity index (χ4n) is 5.68. The van der Waals surface area contributed by atoms with Gasteiger partial charge in [0, 0.05) is 32.1 Å². The number of rotatable bonds is 11. The van der Waals surface area contributed by atoms with Gasteiger partial charge in [0.1, 0.15) is 12.4 Å². The number of ether oxygens (including phenoxy) is 2. The van der Waals surface area contributed by atoms with Crippen LogP contribution in [0.2, 0.25) is 0 Å². The van der Waals surface area contributed by atoms with Gasteiger partial charge in [0.25, 0.3) is 0 Å². The molecule has 2 unspecified atom stereocenters. The van der Waals surface area contributed by atoms with E-state index in [9.17, 15) is 14.7 Å². The van der Waals surface area contributed by atoms with Gasteiger partial charge in [-0.25, -0.2) is 0 Å². The smallest absolute Gasteiger partial charge is 0.243 e. The van der Waals surface area contributed by atoms with Crippen LogP contribution in [0.15, 0.2) is 30.4 Å². The molecule has 1 aromatic carbocycles. The van der Waals surface area contributed by atoms with Crippen LogP contribution < -0.4 is 15.4 Å². The first-order chi connectivity index (χ1) is 18.2. The van der Waals surface area contributed by atoms with E-state index in [4.69, 9.17) is 9.47 Å². The average Bonchev–Trinajstić information content (AvgIpc) is 2.91. The maximum absolute atomic E-state index is 12.4. The Morgan fingerprint density at radius 3 is 2.87 bits per heavy atom. The number of benzene rings is 1. The van der Waals surface area contributed by atoms with Crippen molar-refractivity contribution in [2.45, 2.75) is 77.1 Å². The van der Waals surface area contributed by atoms with Gasteiger partial charge in [-0.2, -0.15) is 0 Å². The fourth-order valence-corrected chi connectivity index (χ4v) is 5.68. The molecule has 3 aliphatic heterocycles. The van der Waals surface area contributed by atoms with E-state index < -0.39 is 11.6 Å². The van der Waals surface area contributed by atoms with Crippen LogP contribution in [0.5, 0.6) is 5.75 Å². The van der Waals surface area contributed by atoms with Crippen LogP contribution >= 0.6 is 0 Å². The van der Waals surface area contributed by atoms with Crippen molar-refractivity contribution in [1.82, 2.24) is 15.1 Å². The van der Waals surface area contributed by atoms with Gasteiger partial charge in [-0.05, 0) is 55.9 Å². The van der Waals surface area contributed by atoms with E-state index in [1.807, 2.05) is 6.07 Å². The number of nitrogens with one attached hydrogen (secondary N) is 2. The zero-order valence-electron chi connectivity index (χ0n) is 23.1. The van der Waals surface area contributed by atoms with Crippen LogP contribution in [0.25, 0.3) is 0 Å². The number of aliphatic hydroxyl groups is 1. The number of para-hydroxylation sites is 1. The summed E-state index contributed by atoms with van der Waals surface area (Å²) < 4.78 is 12.5. The lowest BCUT2D eigenvalue weighted by molar-refractivity contribution is -0.139. The molecule has 2 saturated heterocycles. The summed E-state index contributed by atoms with van der Waals surface area (Å²) in [6.45, 7) is 14.6. The largest absolute Gasteiger partial charge is 0.490 e. The molecular formula is C29H44N4O5. The monoisotopic (exact) mass is 528 g/mol. The molecule has 3 heterocycles. The number of carbonyl (C=O) groups is 2. The number of carbonyl (C=O) groups excluding carboxylic acids is 2. The van der Waals surface area contributed by atoms with Crippen LogP contribution in [0.3, 0.4) is 0 Å². The normalized spacial score (nSPS) is 23.8. The van der Waals surface area contributed by atoms with E-state index in [1.54, 1.807) is 4.90 Å². The first-order valence-electron chi connectivity index (χ1n) is 14.0. The average molecular weight is 529 g/mol. The molecule has 38 heavy (non-hydrogen) atoms. The highest BCUT2D eigenvalue weighted by Gasteiger charge is 2.38. The van der Waals surface area contributed by atoms with Crippen LogP contribution in [0.4, 0.5) is 5.69 Å². The van der Waals surface area contributed by atoms with Gasteiger partial charge in [-0.1, -0.05) is 39.0 Å². The van der Waals surface area contributed by atoms with E-state index in [0.717, 1.165) is 43.1 Å². The Labute approximate surface area is 226 Å². The Morgan fingerprint density at radius 2 is 2.13 bits per heavy atom. The van der Waals surface area contributed by atoms with Crippen LogP contribution in [0, 0.1) is 5.92 Å². The molecular weight excluding hydrogens is 484 g/mol. The molecule has 1 aromatic rings. The summed E-state index contributed by atoms with van der Waals surface area (Å²) in [7, 11) is 0. The minimum atomic E-state index is -0.640. The quantitative estimate of drug-likeness (QED) is 0.229. The van der Waals surface area contributed by atoms with E-state index >= 15 is 0 Å². The summed E-state index contributed by atoms with van der Waals surface area (Å²) in [5.41, 5.74) is 2.51. The number of fused-ring (bicyclic) bond motifs is 1. The Morgan fingerprint density at radius 1 is 1.32 bits per heavy atom. The predicted octanol–water partition coefficient (Wildman–Crippen LogP) is 2.89. The Balaban J connectivity index is 1.42. The summed E-state index contributed by atoms with van der Waals surface area (Å²) in [5, 5.41) is 16.0. The first-order valence-corrected chi connectivity index (χ1v) is 14.0. The van der Waals surface area contributed by atoms with Crippen molar-refractivity contribution in [3.8, 4) is 5.75 Å². The molecule has 3 atom stereocenters. The molecule has 4 rings (SSSR count). The summed E-state index contributed by atoms with van der Waals surface area (Å²) in [6, 6.07) is 5.97. The zero-order valence-corrected chi connectivity index (χ0v) is 23.1. The van der Waals surface area contributed by atoms with Crippen molar-refractivity contribution in [3.63, 3.8) is 0 Å². The summed E-state index contributed by atoms with van der Waals surface area (Å²) in [6.07, 6.45) is 4.06. The minimum Gasteiger partial charge on any atom is -0.490 e.